The molecule has 0 heterocycles. The van der Waals surface area contributed by atoms with Crippen LogP contribution in [0.5, 0.6) is 0 Å². The molecule has 0 aliphatic carbocycles. The normalized spacial score (nSPS) is 11.2. The fourth-order valence-corrected chi connectivity index (χ4v) is 1.21. The third kappa shape index (κ3) is 8.36. The van der Waals surface area contributed by atoms with Gasteiger partial charge < -0.3 is 10.4 Å². The van der Waals surface area contributed by atoms with Gasteiger partial charge in [-0.3, -0.25) is 4.79 Å². The summed E-state index contributed by atoms with van der Waals surface area (Å²) in [4.78, 5) is 21.1. The monoisotopic (exact) mass is 298 g/mol. The Balaban J connectivity index is 0. The van der Waals surface area contributed by atoms with Crippen molar-refractivity contribution in [3.8, 4) is 0 Å². The summed E-state index contributed by atoms with van der Waals surface area (Å²) in [5, 5.41) is 11.0. The van der Waals surface area contributed by atoms with Crippen LogP contribution < -0.4 is 5.32 Å². The summed E-state index contributed by atoms with van der Waals surface area (Å²) in [6.45, 7) is 1.31. The van der Waals surface area contributed by atoms with Crippen molar-refractivity contribution in [1.29, 1.82) is 0 Å². The average Bonchev–Trinajstić information content (AvgIpc) is 1.96. The van der Waals surface area contributed by atoms with Crippen molar-refractivity contribution in [2.24, 2.45) is 0 Å². The first-order chi connectivity index (χ1) is 5.57. The van der Waals surface area contributed by atoms with E-state index in [-0.39, 0.29) is 28.3 Å². The van der Waals surface area contributed by atoms with Crippen LogP contribution in [0.2, 0.25) is 0 Å². The molecule has 0 aromatic rings. The maximum atomic E-state index is 10.5. The van der Waals surface area contributed by atoms with Crippen LogP contribution in [0.1, 0.15) is 13.3 Å². The summed E-state index contributed by atoms with van der Waals surface area (Å²) in [6.07, 6.45) is 2.36. The number of nitrogens with one attached hydrogen (secondary N) is 1. The van der Waals surface area contributed by atoms with Gasteiger partial charge in [-0.15, -0.1) is 0 Å². The summed E-state index contributed by atoms with van der Waals surface area (Å²) in [5.74, 6) is -0.542. The Hall–Kier alpha value is 0.0303. The quantitative estimate of drug-likeness (QED) is 0.718. The first-order valence-electron chi connectivity index (χ1n) is 3.56. The van der Waals surface area contributed by atoms with Gasteiger partial charge in [-0.2, -0.15) is 11.8 Å². The average molecular weight is 299 g/mol. The molecule has 0 bridgehead atoms. The number of thioether (sulfide) groups is 1. The topological polar surface area (TPSA) is 66.4 Å². The van der Waals surface area contributed by atoms with Crippen molar-refractivity contribution < 1.29 is 37.1 Å². The van der Waals surface area contributed by atoms with Gasteiger partial charge in [0.2, 0.25) is 5.91 Å². The molecule has 4 nitrogen and oxygen atoms in total. The Morgan fingerprint density at radius 3 is 2.38 bits per heavy atom. The fourth-order valence-electron chi connectivity index (χ4n) is 0.738. The van der Waals surface area contributed by atoms with Crippen LogP contribution in [0.15, 0.2) is 0 Å². The zero-order chi connectivity index (χ0) is 9.56. The summed E-state index contributed by atoms with van der Waals surface area (Å²) >= 11 is 1.56. The van der Waals surface area contributed by atoms with E-state index in [1.54, 1.807) is 11.8 Å². The van der Waals surface area contributed by atoms with Gasteiger partial charge in [0.15, 0.2) is 0 Å². The van der Waals surface area contributed by atoms with Crippen LogP contribution in [0, 0.1) is 0 Å². The SMILES string of the molecule is CSCCC(NC(C)=O)C(=O)O.[Ag]. The summed E-state index contributed by atoms with van der Waals surface area (Å²) in [7, 11) is 0. The van der Waals surface area contributed by atoms with E-state index in [2.05, 4.69) is 5.32 Å². The van der Waals surface area contributed by atoms with Gasteiger partial charge in [0, 0.05) is 29.3 Å². The van der Waals surface area contributed by atoms with E-state index in [1.807, 2.05) is 6.26 Å². The molecule has 0 fully saturated rings. The second kappa shape index (κ2) is 8.62. The summed E-state index contributed by atoms with van der Waals surface area (Å²) in [6, 6.07) is -0.741. The predicted octanol–water partition coefficient (Wildman–Crippen LogP) is 0.326. The number of amides is 1. The van der Waals surface area contributed by atoms with Gasteiger partial charge in [0.25, 0.3) is 0 Å². The molecule has 0 aliphatic heterocycles. The van der Waals surface area contributed by atoms with Gasteiger partial charge >= 0.3 is 5.97 Å². The Kier molecular flexibility index (Phi) is 10.3. The van der Waals surface area contributed by atoms with Crippen molar-refractivity contribution in [2.45, 2.75) is 19.4 Å². The molecular formula is C7H13AgNO3S. The van der Waals surface area contributed by atoms with Crippen LogP contribution in [0.4, 0.5) is 0 Å². The molecule has 1 unspecified atom stereocenters. The number of aliphatic carboxylic acids is 1. The van der Waals surface area contributed by atoms with E-state index in [0.29, 0.717) is 6.42 Å². The Morgan fingerprint density at radius 2 is 2.08 bits per heavy atom. The largest absolute Gasteiger partial charge is 0.480 e. The second-order valence-electron chi connectivity index (χ2n) is 2.37. The first kappa shape index (κ1) is 15.5. The molecule has 0 rings (SSSR count). The van der Waals surface area contributed by atoms with E-state index in [9.17, 15) is 9.59 Å². The van der Waals surface area contributed by atoms with Gasteiger partial charge in [0.1, 0.15) is 6.04 Å². The molecule has 0 aromatic carbocycles. The van der Waals surface area contributed by atoms with Crippen LogP contribution in [-0.2, 0) is 32.0 Å². The molecule has 2 N–H and O–H groups in total. The minimum absolute atomic E-state index is 0. The maximum Gasteiger partial charge on any atom is 0.326 e. The van der Waals surface area contributed by atoms with E-state index < -0.39 is 12.0 Å². The number of hydrogen-bond donors (Lipinski definition) is 2. The molecule has 0 saturated heterocycles. The molecule has 1 radical (unpaired) electrons. The molecule has 0 spiro atoms. The van der Waals surface area contributed by atoms with E-state index in [4.69, 9.17) is 5.11 Å². The van der Waals surface area contributed by atoms with Crippen LogP contribution in [0.25, 0.3) is 0 Å². The Bertz CT molecular complexity index is 177. The van der Waals surface area contributed by atoms with Crippen LogP contribution in [-0.4, -0.2) is 35.0 Å². The molecular weight excluding hydrogens is 286 g/mol. The number of carboxylic acid groups (broad SMARTS) is 1. The van der Waals surface area contributed by atoms with E-state index >= 15 is 0 Å². The molecule has 0 saturated carbocycles. The Morgan fingerprint density at radius 1 is 1.54 bits per heavy atom. The molecule has 0 aliphatic rings. The third-order valence-corrected chi connectivity index (χ3v) is 1.93. The standard InChI is InChI=1S/C7H13NO3S.Ag/c1-5(9)8-6(7(10)11)3-4-12-2;/h6H,3-4H2,1-2H3,(H,8,9)(H,10,11);. The smallest absolute Gasteiger partial charge is 0.326 e. The first-order valence-corrected chi connectivity index (χ1v) is 4.96. The van der Waals surface area contributed by atoms with Crippen molar-refractivity contribution >= 4 is 23.6 Å². The summed E-state index contributed by atoms with van der Waals surface area (Å²) in [5.41, 5.74) is 0. The molecule has 1 amide bonds. The minimum Gasteiger partial charge on any atom is -0.480 e. The second-order valence-corrected chi connectivity index (χ2v) is 3.36. The number of carboxylic acids is 1. The zero-order valence-corrected chi connectivity index (χ0v) is 9.76. The molecule has 13 heavy (non-hydrogen) atoms. The number of carbonyl (C=O) groups excluding carboxylic acids is 1. The van der Waals surface area contributed by atoms with Crippen LogP contribution >= 0.6 is 11.8 Å². The van der Waals surface area contributed by atoms with Crippen molar-refractivity contribution in [2.75, 3.05) is 12.0 Å². The zero-order valence-electron chi connectivity index (χ0n) is 7.47. The van der Waals surface area contributed by atoms with Gasteiger partial charge in [-0.1, -0.05) is 0 Å². The maximum absolute atomic E-state index is 10.5. The number of rotatable bonds is 5. The van der Waals surface area contributed by atoms with Crippen molar-refractivity contribution in [1.82, 2.24) is 5.32 Å². The van der Waals surface area contributed by atoms with E-state index in [0.717, 1.165) is 5.75 Å². The van der Waals surface area contributed by atoms with Crippen LogP contribution in [0.3, 0.4) is 0 Å². The van der Waals surface area contributed by atoms with Gasteiger partial charge in [-0.05, 0) is 18.4 Å². The third-order valence-electron chi connectivity index (χ3n) is 1.29. The number of carbonyl (C=O) groups is 2. The molecule has 81 valence electrons. The van der Waals surface area contributed by atoms with Crippen molar-refractivity contribution in [3.63, 3.8) is 0 Å². The summed E-state index contributed by atoms with van der Waals surface area (Å²) < 4.78 is 0. The molecule has 0 aromatic heterocycles. The molecule has 6 heteroatoms. The van der Waals surface area contributed by atoms with Gasteiger partial charge in [-0.25, -0.2) is 4.79 Å². The van der Waals surface area contributed by atoms with Gasteiger partial charge in [0.05, 0.1) is 0 Å². The number of hydrogen-bond acceptors (Lipinski definition) is 3. The van der Waals surface area contributed by atoms with E-state index in [1.165, 1.54) is 6.92 Å². The predicted molar refractivity (Wildman–Crippen MR) is 48.2 cm³/mol. The Labute approximate surface area is 97.4 Å². The van der Waals surface area contributed by atoms with Crippen molar-refractivity contribution in [3.05, 3.63) is 0 Å². The minimum atomic E-state index is -0.973. The molecule has 1 atom stereocenters. The fraction of sp³-hybridized carbons (Fsp3) is 0.714.